The summed E-state index contributed by atoms with van der Waals surface area (Å²) in [4.78, 5) is 16.8. The molecule has 8 nitrogen and oxygen atoms in total. The number of hydrogen-bond donors (Lipinski definition) is 6. The van der Waals surface area contributed by atoms with Gasteiger partial charge in [0.2, 0.25) is 17.2 Å². The Morgan fingerprint density at radius 3 is 2.00 bits per heavy atom. The summed E-state index contributed by atoms with van der Waals surface area (Å²) >= 11 is 0. The van der Waals surface area contributed by atoms with Crippen LogP contribution in [0.1, 0.15) is 0 Å². The molecule has 0 radical (unpaired) electrons. The van der Waals surface area contributed by atoms with Crippen molar-refractivity contribution in [2.45, 2.75) is 0 Å². The van der Waals surface area contributed by atoms with Gasteiger partial charge in [0.25, 0.3) is 0 Å². The molecule has 84 valence electrons. The normalized spacial score (nSPS) is 11.3. The van der Waals surface area contributed by atoms with Gasteiger partial charge in [-0.15, -0.1) is 0 Å². The number of rotatable bonds is 2. The molecule has 0 amide bonds. The number of hydrogen-bond acceptors (Lipinski definition) is 6. The standard InChI is InChI=1S/C6H7O8P/c7-2-1-3(14-15(11,12)13)5(9)6(10)4(2)8/h1,7-10H,(H2,11,12,13). The highest BCUT2D eigenvalue weighted by Crippen LogP contribution is 2.51. The zero-order chi connectivity index (χ0) is 11.8. The van der Waals surface area contributed by atoms with Gasteiger partial charge in [0.15, 0.2) is 11.5 Å². The molecule has 9 heteroatoms. The number of phosphoric ester groups is 1. The van der Waals surface area contributed by atoms with Crippen LogP contribution in [0.3, 0.4) is 0 Å². The summed E-state index contributed by atoms with van der Waals surface area (Å²) in [7, 11) is -4.93. The van der Waals surface area contributed by atoms with Gasteiger partial charge in [0.05, 0.1) is 0 Å². The van der Waals surface area contributed by atoms with Gasteiger partial charge in [-0.1, -0.05) is 0 Å². The van der Waals surface area contributed by atoms with E-state index in [9.17, 15) is 4.57 Å². The molecule has 0 aliphatic carbocycles. The Labute approximate surface area is 82.9 Å². The van der Waals surface area contributed by atoms with Crippen LogP contribution >= 0.6 is 7.82 Å². The second kappa shape index (κ2) is 3.50. The van der Waals surface area contributed by atoms with Crippen LogP contribution in [0.15, 0.2) is 6.07 Å². The molecule has 1 rings (SSSR count). The summed E-state index contributed by atoms with van der Waals surface area (Å²) in [5, 5.41) is 35.9. The molecule has 0 saturated heterocycles. The van der Waals surface area contributed by atoms with Gasteiger partial charge in [0.1, 0.15) is 0 Å². The molecule has 0 aliphatic heterocycles. The van der Waals surface area contributed by atoms with Crippen molar-refractivity contribution in [1.29, 1.82) is 0 Å². The first-order valence-corrected chi connectivity index (χ1v) is 4.97. The number of aromatic hydroxyl groups is 4. The highest BCUT2D eigenvalue weighted by molar-refractivity contribution is 7.46. The van der Waals surface area contributed by atoms with Crippen LogP contribution in [-0.2, 0) is 4.57 Å². The lowest BCUT2D eigenvalue weighted by molar-refractivity contribution is 0.273. The molecule has 1 aromatic carbocycles. The van der Waals surface area contributed by atoms with Crippen molar-refractivity contribution >= 4 is 7.82 Å². The van der Waals surface area contributed by atoms with E-state index in [1.54, 1.807) is 0 Å². The maximum absolute atomic E-state index is 10.4. The maximum atomic E-state index is 10.4. The molecule has 15 heavy (non-hydrogen) atoms. The lowest BCUT2D eigenvalue weighted by Crippen LogP contribution is -1.91. The summed E-state index contributed by atoms with van der Waals surface area (Å²) in [5.74, 6) is -5.00. The Bertz CT molecular complexity index is 435. The molecular formula is C6H7O8P. The van der Waals surface area contributed by atoms with E-state index >= 15 is 0 Å². The van der Waals surface area contributed by atoms with Crippen LogP contribution in [0.5, 0.6) is 28.7 Å². The van der Waals surface area contributed by atoms with E-state index in [-0.39, 0.29) is 0 Å². The van der Waals surface area contributed by atoms with Gasteiger partial charge < -0.3 is 24.9 Å². The van der Waals surface area contributed by atoms with Crippen molar-refractivity contribution in [2.24, 2.45) is 0 Å². The molecule has 0 heterocycles. The van der Waals surface area contributed by atoms with Crippen molar-refractivity contribution in [1.82, 2.24) is 0 Å². The van der Waals surface area contributed by atoms with E-state index in [2.05, 4.69) is 4.52 Å². The van der Waals surface area contributed by atoms with E-state index in [0.717, 1.165) is 0 Å². The van der Waals surface area contributed by atoms with Crippen molar-refractivity contribution < 1.29 is 39.3 Å². The molecule has 0 bridgehead atoms. The monoisotopic (exact) mass is 238 g/mol. The predicted molar refractivity (Wildman–Crippen MR) is 45.8 cm³/mol. The fourth-order valence-electron chi connectivity index (χ4n) is 0.809. The van der Waals surface area contributed by atoms with Crippen molar-refractivity contribution in [3.63, 3.8) is 0 Å². The second-order valence-corrected chi connectivity index (χ2v) is 3.69. The summed E-state index contributed by atoms with van der Waals surface area (Å²) in [6, 6.07) is 0.545. The van der Waals surface area contributed by atoms with Gasteiger partial charge in [-0.3, -0.25) is 9.79 Å². The summed E-state index contributed by atoms with van der Waals surface area (Å²) in [6.07, 6.45) is 0. The first kappa shape index (κ1) is 11.4. The van der Waals surface area contributed by atoms with Gasteiger partial charge in [-0.05, 0) is 0 Å². The van der Waals surface area contributed by atoms with Crippen LogP contribution in [0.2, 0.25) is 0 Å². The molecule has 0 unspecified atom stereocenters. The Morgan fingerprint density at radius 2 is 1.53 bits per heavy atom. The van der Waals surface area contributed by atoms with E-state index in [1.807, 2.05) is 0 Å². The van der Waals surface area contributed by atoms with Crippen molar-refractivity contribution in [3.8, 4) is 28.7 Å². The minimum atomic E-state index is -4.93. The maximum Gasteiger partial charge on any atom is 0.524 e. The Morgan fingerprint density at radius 1 is 1.00 bits per heavy atom. The predicted octanol–water partition coefficient (Wildman–Crippen LogP) is -0.0195. The van der Waals surface area contributed by atoms with Crippen LogP contribution in [0.4, 0.5) is 0 Å². The first-order chi connectivity index (χ1) is 6.72. The molecule has 0 fully saturated rings. The number of phosphoric acid groups is 1. The Kier molecular flexibility index (Phi) is 2.67. The fourth-order valence-corrected chi connectivity index (χ4v) is 1.20. The van der Waals surface area contributed by atoms with Gasteiger partial charge >= 0.3 is 7.82 Å². The third kappa shape index (κ3) is 2.44. The molecule has 1 aromatic rings. The smallest absolute Gasteiger partial charge is 0.504 e. The van der Waals surface area contributed by atoms with Crippen LogP contribution < -0.4 is 4.52 Å². The molecule has 0 aliphatic rings. The largest absolute Gasteiger partial charge is 0.524 e. The summed E-state index contributed by atoms with van der Waals surface area (Å²) < 4.78 is 14.3. The van der Waals surface area contributed by atoms with Gasteiger partial charge in [0, 0.05) is 6.07 Å². The average molecular weight is 238 g/mol. The van der Waals surface area contributed by atoms with Crippen molar-refractivity contribution in [3.05, 3.63) is 6.07 Å². The minimum Gasteiger partial charge on any atom is -0.504 e. The second-order valence-electron chi connectivity index (χ2n) is 2.52. The van der Waals surface area contributed by atoms with Crippen molar-refractivity contribution in [2.75, 3.05) is 0 Å². The average Bonchev–Trinajstić information content (AvgIpc) is 2.08. The van der Waals surface area contributed by atoms with E-state index < -0.39 is 36.6 Å². The highest BCUT2D eigenvalue weighted by atomic mass is 31.2. The number of phenols is 4. The topological polar surface area (TPSA) is 148 Å². The van der Waals surface area contributed by atoms with Crippen LogP contribution in [0, 0.1) is 0 Å². The SMILES string of the molecule is O=P(O)(O)Oc1cc(O)c(O)c(O)c1O. The van der Waals surface area contributed by atoms with Gasteiger partial charge in [-0.2, -0.15) is 0 Å². The fraction of sp³-hybridized carbons (Fsp3) is 0. The first-order valence-electron chi connectivity index (χ1n) is 3.44. The quantitative estimate of drug-likeness (QED) is 0.239. The van der Waals surface area contributed by atoms with E-state index in [0.29, 0.717) is 6.07 Å². The molecule has 6 N–H and O–H groups in total. The number of phenolic OH excluding ortho intramolecular Hbond substituents is 4. The third-order valence-electron chi connectivity index (χ3n) is 1.41. The third-order valence-corrected chi connectivity index (χ3v) is 1.84. The molecule has 0 atom stereocenters. The van der Waals surface area contributed by atoms with Crippen LogP contribution in [-0.4, -0.2) is 30.2 Å². The zero-order valence-corrected chi connectivity index (χ0v) is 7.92. The molecular weight excluding hydrogens is 231 g/mol. The summed E-state index contributed by atoms with van der Waals surface area (Å²) in [5.41, 5.74) is 0. The summed E-state index contributed by atoms with van der Waals surface area (Å²) in [6.45, 7) is 0. The minimum absolute atomic E-state index is 0.545. The Hall–Kier alpha value is -1.63. The zero-order valence-electron chi connectivity index (χ0n) is 7.02. The van der Waals surface area contributed by atoms with Crippen LogP contribution in [0.25, 0.3) is 0 Å². The van der Waals surface area contributed by atoms with Gasteiger partial charge in [-0.25, -0.2) is 4.57 Å². The lowest BCUT2D eigenvalue weighted by atomic mass is 10.2. The van der Waals surface area contributed by atoms with E-state index in [1.165, 1.54) is 0 Å². The molecule has 0 aromatic heterocycles. The molecule has 0 spiro atoms. The molecule has 0 saturated carbocycles. The highest BCUT2D eigenvalue weighted by Gasteiger charge is 2.23. The Balaban J connectivity index is 3.27. The van der Waals surface area contributed by atoms with E-state index in [4.69, 9.17) is 30.2 Å². The number of benzene rings is 1. The lowest BCUT2D eigenvalue weighted by Gasteiger charge is -2.10.